The smallest absolute Gasteiger partial charge is 0.255 e. The zero-order valence-electron chi connectivity index (χ0n) is 16.6. The Morgan fingerprint density at radius 1 is 1.03 bits per heavy atom. The molecule has 7 nitrogen and oxygen atoms in total. The zero-order valence-corrected chi connectivity index (χ0v) is 16.6. The van der Waals surface area contributed by atoms with E-state index in [2.05, 4.69) is 15.8 Å². The van der Waals surface area contributed by atoms with Crippen molar-refractivity contribution in [3.05, 3.63) is 76.7 Å². The number of aromatic nitrogens is 1. The van der Waals surface area contributed by atoms with E-state index in [9.17, 15) is 9.59 Å². The minimum absolute atomic E-state index is 0.0570. The molecule has 3 rings (SSSR count). The molecule has 150 valence electrons. The van der Waals surface area contributed by atoms with Crippen molar-refractivity contribution in [2.45, 2.75) is 26.9 Å². The van der Waals surface area contributed by atoms with E-state index < -0.39 is 0 Å². The Labute approximate surface area is 169 Å². The summed E-state index contributed by atoms with van der Waals surface area (Å²) >= 11 is 0. The summed E-state index contributed by atoms with van der Waals surface area (Å²) in [6.07, 6.45) is 0.306. The molecule has 1 aromatic heterocycles. The predicted octanol–water partition coefficient (Wildman–Crippen LogP) is 3.41. The molecule has 0 fully saturated rings. The Bertz CT molecular complexity index is 972. The van der Waals surface area contributed by atoms with Gasteiger partial charge < -0.3 is 19.9 Å². The van der Waals surface area contributed by atoms with Crippen LogP contribution in [0.3, 0.4) is 0 Å². The van der Waals surface area contributed by atoms with Gasteiger partial charge in [0.1, 0.15) is 18.1 Å². The highest BCUT2D eigenvalue weighted by molar-refractivity contribution is 6.04. The lowest BCUT2D eigenvalue weighted by molar-refractivity contribution is -0.119. The van der Waals surface area contributed by atoms with Crippen LogP contribution in [0.2, 0.25) is 0 Å². The van der Waals surface area contributed by atoms with E-state index in [0.29, 0.717) is 30.0 Å². The van der Waals surface area contributed by atoms with Crippen molar-refractivity contribution >= 4 is 17.5 Å². The van der Waals surface area contributed by atoms with Gasteiger partial charge in [-0.1, -0.05) is 17.3 Å². The van der Waals surface area contributed by atoms with Gasteiger partial charge in [0, 0.05) is 18.3 Å². The van der Waals surface area contributed by atoms with Crippen LogP contribution in [0.5, 0.6) is 5.75 Å². The van der Waals surface area contributed by atoms with Crippen LogP contribution in [0.25, 0.3) is 0 Å². The first-order chi connectivity index (χ1) is 14.0. The van der Waals surface area contributed by atoms with Gasteiger partial charge in [-0.25, -0.2) is 0 Å². The van der Waals surface area contributed by atoms with Crippen LogP contribution in [-0.2, 0) is 17.8 Å². The van der Waals surface area contributed by atoms with Gasteiger partial charge in [-0.15, -0.1) is 0 Å². The van der Waals surface area contributed by atoms with E-state index in [-0.39, 0.29) is 11.8 Å². The molecule has 0 unspecified atom stereocenters. The third kappa shape index (κ3) is 5.22. The zero-order chi connectivity index (χ0) is 20.8. The lowest BCUT2D eigenvalue weighted by atomic mass is 10.1. The molecule has 0 aliphatic carbocycles. The Balaban J connectivity index is 1.56. The molecule has 7 heteroatoms. The van der Waals surface area contributed by atoms with E-state index in [1.165, 1.54) is 0 Å². The van der Waals surface area contributed by atoms with Crippen LogP contribution in [0.1, 0.15) is 32.9 Å². The van der Waals surface area contributed by atoms with Gasteiger partial charge in [0.05, 0.1) is 17.7 Å². The molecule has 29 heavy (non-hydrogen) atoms. The van der Waals surface area contributed by atoms with Crippen LogP contribution >= 0.6 is 0 Å². The number of amides is 2. The summed E-state index contributed by atoms with van der Waals surface area (Å²) in [7, 11) is 1.60. The third-order valence-electron chi connectivity index (χ3n) is 4.54. The first kappa shape index (κ1) is 20.1. The minimum Gasteiger partial charge on any atom is -0.489 e. The summed E-state index contributed by atoms with van der Waals surface area (Å²) in [6, 6.07) is 14.1. The molecule has 0 aliphatic heterocycles. The van der Waals surface area contributed by atoms with Crippen molar-refractivity contribution < 1.29 is 18.8 Å². The highest BCUT2D eigenvalue weighted by atomic mass is 16.5. The number of nitrogens with zero attached hydrogens (tertiary/aromatic N) is 1. The largest absolute Gasteiger partial charge is 0.489 e. The van der Waals surface area contributed by atoms with Gasteiger partial charge in [-0.2, -0.15) is 0 Å². The molecule has 0 atom stereocenters. The number of hydrogen-bond donors (Lipinski definition) is 2. The molecular weight excluding hydrogens is 370 g/mol. The fourth-order valence-electron chi connectivity index (χ4n) is 2.75. The van der Waals surface area contributed by atoms with Crippen LogP contribution in [0, 0.1) is 13.8 Å². The molecule has 0 aliphatic rings. The summed E-state index contributed by atoms with van der Waals surface area (Å²) in [5, 5.41) is 9.32. The summed E-state index contributed by atoms with van der Waals surface area (Å²) in [5.41, 5.74) is 3.78. The highest BCUT2D eigenvalue weighted by Gasteiger charge is 2.11. The van der Waals surface area contributed by atoms with E-state index >= 15 is 0 Å². The molecule has 2 N–H and O–H groups in total. The van der Waals surface area contributed by atoms with Crippen molar-refractivity contribution in [2.24, 2.45) is 0 Å². The number of nitrogens with one attached hydrogen (secondary N) is 2. The number of benzene rings is 2. The van der Waals surface area contributed by atoms with Gasteiger partial charge in [0.2, 0.25) is 5.91 Å². The van der Waals surface area contributed by atoms with E-state index in [1.54, 1.807) is 43.4 Å². The molecule has 0 spiro atoms. The number of carbonyl (C=O) groups excluding carboxylic acids is 2. The molecule has 0 radical (unpaired) electrons. The monoisotopic (exact) mass is 393 g/mol. The van der Waals surface area contributed by atoms with E-state index in [4.69, 9.17) is 9.26 Å². The number of carbonyl (C=O) groups is 2. The highest BCUT2D eigenvalue weighted by Crippen LogP contribution is 2.19. The summed E-state index contributed by atoms with van der Waals surface area (Å²) in [4.78, 5) is 23.8. The van der Waals surface area contributed by atoms with E-state index in [0.717, 1.165) is 22.6 Å². The minimum atomic E-state index is -0.221. The van der Waals surface area contributed by atoms with Crippen molar-refractivity contribution in [1.82, 2.24) is 10.5 Å². The first-order valence-corrected chi connectivity index (χ1v) is 9.21. The number of anilines is 1. The molecular formula is C22H23N3O4. The summed E-state index contributed by atoms with van der Waals surface area (Å²) < 4.78 is 10.9. The Hall–Kier alpha value is -3.61. The summed E-state index contributed by atoms with van der Waals surface area (Å²) in [6.45, 7) is 4.07. The van der Waals surface area contributed by atoms with Gasteiger partial charge in [0.25, 0.3) is 5.91 Å². The SMILES string of the molecule is CNC(=O)Cc1ccc(NC(=O)c2ccc(OCc3c(C)noc3C)cc2)cc1. The predicted molar refractivity (Wildman–Crippen MR) is 109 cm³/mol. The lowest BCUT2D eigenvalue weighted by Gasteiger charge is -2.09. The van der Waals surface area contributed by atoms with Gasteiger partial charge in [0.15, 0.2) is 0 Å². The van der Waals surface area contributed by atoms with Crippen LogP contribution in [0.4, 0.5) is 5.69 Å². The third-order valence-corrected chi connectivity index (χ3v) is 4.54. The normalized spacial score (nSPS) is 10.4. The summed E-state index contributed by atoms with van der Waals surface area (Å²) in [5.74, 6) is 1.11. The lowest BCUT2D eigenvalue weighted by Crippen LogP contribution is -2.19. The van der Waals surface area contributed by atoms with Crippen LogP contribution in [0.15, 0.2) is 53.1 Å². The fraction of sp³-hybridized carbons (Fsp3) is 0.227. The maximum absolute atomic E-state index is 12.4. The topological polar surface area (TPSA) is 93.5 Å². The second kappa shape index (κ2) is 9.05. The maximum Gasteiger partial charge on any atom is 0.255 e. The molecule has 1 heterocycles. The average molecular weight is 393 g/mol. The Morgan fingerprint density at radius 3 is 2.31 bits per heavy atom. The number of likely N-dealkylation sites (N-methyl/N-ethyl adjacent to an activating group) is 1. The molecule has 0 saturated carbocycles. The molecule has 0 saturated heterocycles. The van der Waals surface area contributed by atoms with E-state index in [1.807, 2.05) is 26.0 Å². The Morgan fingerprint density at radius 2 is 1.72 bits per heavy atom. The van der Waals surface area contributed by atoms with Crippen molar-refractivity contribution in [2.75, 3.05) is 12.4 Å². The number of hydrogen-bond acceptors (Lipinski definition) is 5. The maximum atomic E-state index is 12.4. The van der Waals surface area contributed by atoms with Crippen molar-refractivity contribution in [1.29, 1.82) is 0 Å². The van der Waals surface area contributed by atoms with Gasteiger partial charge >= 0.3 is 0 Å². The second-order valence-electron chi connectivity index (χ2n) is 6.62. The van der Waals surface area contributed by atoms with Crippen LogP contribution < -0.4 is 15.4 Å². The molecule has 3 aromatic rings. The van der Waals surface area contributed by atoms with Crippen molar-refractivity contribution in [3.8, 4) is 5.75 Å². The quantitative estimate of drug-likeness (QED) is 0.642. The average Bonchev–Trinajstić information content (AvgIpc) is 3.05. The van der Waals surface area contributed by atoms with Gasteiger partial charge in [-0.3, -0.25) is 9.59 Å². The fourth-order valence-corrected chi connectivity index (χ4v) is 2.75. The second-order valence-corrected chi connectivity index (χ2v) is 6.62. The number of rotatable bonds is 7. The number of aryl methyl sites for hydroxylation is 2. The number of ether oxygens (including phenoxy) is 1. The van der Waals surface area contributed by atoms with Gasteiger partial charge in [-0.05, 0) is 55.8 Å². The standard InChI is InChI=1S/C22H23N3O4/c1-14-20(15(2)29-25-14)13-28-19-10-6-17(7-11-19)22(27)24-18-8-4-16(5-9-18)12-21(26)23-3/h4-11H,12-13H2,1-3H3,(H,23,26)(H,24,27). The molecule has 2 aromatic carbocycles. The van der Waals surface area contributed by atoms with Crippen molar-refractivity contribution in [3.63, 3.8) is 0 Å². The molecule has 2 amide bonds. The Kier molecular flexibility index (Phi) is 6.29. The van der Waals surface area contributed by atoms with Crippen LogP contribution in [-0.4, -0.2) is 24.0 Å². The first-order valence-electron chi connectivity index (χ1n) is 9.21. The molecule has 0 bridgehead atoms.